The van der Waals surface area contributed by atoms with Crippen LogP contribution in [0.4, 0.5) is 5.69 Å². The highest BCUT2D eigenvalue weighted by atomic mass is 32.2. The Labute approximate surface area is 207 Å². The minimum absolute atomic E-state index is 0.0483. The van der Waals surface area contributed by atoms with Gasteiger partial charge in [-0.05, 0) is 74.7 Å². The molecular weight excluding hydrogens is 468 g/mol. The standard InChI is InChI=1S/C26H34N2O6S/c1-3-4-18-33-26(30)20-10-12-22(13-11-20)28-35(31,32)24-16-14-23(15-17-24)34-19(2)25(29)27-21-8-6-5-7-9-21/h10-17,19,21,28H,3-9,18H2,1-2H3,(H,27,29)/t19-/m1/s1. The van der Waals surface area contributed by atoms with Crippen molar-refractivity contribution in [1.29, 1.82) is 0 Å². The maximum atomic E-state index is 12.8. The number of ether oxygens (including phenoxy) is 2. The summed E-state index contributed by atoms with van der Waals surface area (Å²) in [6.07, 6.45) is 6.47. The summed E-state index contributed by atoms with van der Waals surface area (Å²) >= 11 is 0. The van der Waals surface area contributed by atoms with Crippen LogP contribution in [0.25, 0.3) is 0 Å². The van der Waals surface area contributed by atoms with Crippen molar-refractivity contribution in [2.24, 2.45) is 0 Å². The van der Waals surface area contributed by atoms with Gasteiger partial charge in [0.15, 0.2) is 6.10 Å². The number of hydrogen-bond acceptors (Lipinski definition) is 6. The van der Waals surface area contributed by atoms with Gasteiger partial charge < -0.3 is 14.8 Å². The predicted molar refractivity (Wildman–Crippen MR) is 134 cm³/mol. The number of anilines is 1. The van der Waals surface area contributed by atoms with Crippen LogP contribution in [0.1, 0.15) is 69.2 Å². The van der Waals surface area contributed by atoms with Crippen molar-refractivity contribution < 1.29 is 27.5 Å². The first-order valence-electron chi connectivity index (χ1n) is 12.2. The first kappa shape index (κ1) is 26.5. The lowest BCUT2D eigenvalue weighted by Crippen LogP contribution is -2.43. The fourth-order valence-electron chi connectivity index (χ4n) is 3.80. The molecular formula is C26H34N2O6S. The van der Waals surface area contributed by atoms with Gasteiger partial charge in [-0.1, -0.05) is 32.6 Å². The van der Waals surface area contributed by atoms with Crippen LogP contribution >= 0.6 is 0 Å². The predicted octanol–water partition coefficient (Wildman–Crippen LogP) is 4.66. The maximum absolute atomic E-state index is 12.8. The van der Waals surface area contributed by atoms with Crippen molar-refractivity contribution in [2.45, 2.75) is 75.8 Å². The third-order valence-corrected chi connectivity index (χ3v) is 7.27. The van der Waals surface area contributed by atoms with Crippen LogP contribution in [0.2, 0.25) is 0 Å². The molecule has 1 fully saturated rings. The van der Waals surface area contributed by atoms with Gasteiger partial charge >= 0.3 is 5.97 Å². The van der Waals surface area contributed by atoms with Gasteiger partial charge in [-0.2, -0.15) is 0 Å². The van der Waals surface area contributed by atoms with E-state index in [-0.39, 0.29) is 16.8 Å². The number of benzene rings is 2. The fraction of sp³-hybridized carbons (Fsp3) is 0.462. The van der Waals surface area contributed by atoms with E-state index < -0.39 is 22.1 Å². The zero-order valence-corrected chi connectivity index (χ0v) is 21.1. The minimum Gasteiger partial charge on any atom is -0.481 e. The average molecular weight is 503 g/mol. The molecule has 0 bridgehead atoms. The van der Waals surface area contributed by atoms with Crippen LogP contribution < -0.4 is 14.8 Å². The van der Waals surface area contributed by atoms with Crippen LogP contribution in [0.3, 0.4) is 0 Å². The average Bonchev–Trinajstić information content (AvgIpc) is 2.85. The van der Waals surface area contributed by atoms with Crippen LogP contribution in [-0.2, 0) is 19.6 Å². The van der Waals surface area contributed by atoms with Gasteiger partial charge in [-0.15, -0.1) is 0 Å². The van der Waals surface area contributed by atoms with Gasteiger partial charge in [0.05, 0.1) is 17.1 Å². The van der Waals surface area contributed by atoms with E-state index in [0.717, 1.165) is 38.5 Å². The Morgan fingerprint density at radius 3 is 2.29 bits per heavy atom. The Bertz CT molecular complexity index is 1080. The molecule has 3 rings (SSSR count). The number of carbonyl (C=O) groups excluding carboxylic acids is 2. The third kappa shape index (κ3) is 7.99. The highest BCUT2D eigenvalue weighted by Gasteiger charge is 2.21. The van der Waals surface area contributed by atoms with Crippen LogP contribution in [-0.4, -0.2) is 39.0 Å². The molecule has 2 aromatic rings. The van der Waals surface area contributed by atoms with Gasteiger partial charge in [-0.25, -0.2) is 13.2 Å². The summed E-state index contributed by atoms with van der Waals surface area (Å²) < 4.78 is 38.9. The maximum Gasteiger partial charge on any atom is 0.338 e. The van der Waals surface area contributed by atoms with Gasteiger partial charge in [0, 0.05) is 11.7 Å². The number of sulfonamides is 1. The summed E-state index contributed by atoms with van der Waals surface area (Å²) in [5.74, 6) is -0.209. The molecule has 1 aliphatic carbocycles. The van der Waals surface area contributed by atoms with Gasteiger partial charge in [0.1, 0.15) is 5.75 Å². The van der Waals surface area contributed by atoms with E-state index >= 15 is 0 Å². The Hall–Kier alpha value is -3.07. The first-order chi connectivity index (χ1) is 16.8. The molecule has 9 heteroatoms. The van der Waals surface area contributed by atoms with Gasteiger partial charge in [-0.3, -0.25) is 9.52 Å². The summed E-state index contributed by atoms with van der Waals surface area (Å²) in [6.45, 7) is 4.04. The Kier molecular flexibility index (Phi) is 9.54. The number of amides is 1. The molecule has 1 amide bonds. The summed E-state index contributed by atoms with van der Waals surface area (Å²) in [7, 11) is -3.85. The lowest BCUT2D eigenvalue weighted by atomic mass is 9.95. The van der Waals surface area contributed by atoms with E-state index in [9.17, 15) is 18.0 Å². The Morgan fingerprint density at radius 2 is 1.66 bits per heavy atom. The summed E-state index contributed by atoms with van der Waals surface area (Å²) in [6, 6.07) is 12.1. The number of unbranched alkanes of at least 4 members (excludes halogenated alkanes) is 1. The van der Waals surface area contributed by atoms with Crippen LogP contribution in [0.5, 0.6) is 5.75 Å². The number of carbonyl (C=O) groups is 2. The molecule has 35 heavy (non-hydrogen) atoms. The molecule has 2 aromatic carbocycles. The van der Waals surface area contributed by atoms with Crippen molar-refractivity contribution in [2.75, 3.05) is 11.3 Å². The molecule has 1 aliphatic rings. The second-order valence-electron chi connectivity index (χ2n) is 8.75. The molecule has 2 N–H and O–H groups in total. The zero-order chi connectivity index (χ0) is 25.3. The summed E-state index contributed by atoms with van der Waals surface area (Å²) in [5.41, 5.74) is 0.677. The number of rotatable bonds is 11. The molecule has 0 aromatic heterocycles. The number of nitrogens with one attached hydrogen (secondary N) is 2. The molecule has 1 saturated carbocycles. The van der Waals surface area contributed by atoms with E-state index in [4.69, 9.17) is 9.47 Å². The monoisotopic (exact) mass is 502 g/mol. The van der Waals surface area contributed by atoms with Gasteiger partial charge in [0.2, 0.25) is 0 Å². The smallest absolute Gasteiger partial charge is 0.338 e. The highest BCUT2D eigenvalue weighted by Crippen LogP contribution is 2.21. The number of hydrogen-bond donors (Lipinski definition) is 2. The lowest BCUT2D eigenvalue weighted by Gasteiger charge is -2.24. The molecule has 0 saturated heterocycles. The molecule has 0 aliphatic heterocycles. The molecule has 0 radical (unpaired) electrons. The summed E-state index contributed by atoms with van der Waals surface area (Å²) in [4.78, 5) is 24.4. The quantitative estimate of drug-likeness (QED) is 0.342. The normalized spacial score (nSPS) is 15.1. The molecule has 0 heterocycles. The Morgan fingerprint density at radius 1 is 1.00 bits per heavy atom. The van der Waals surface area contributed by atoms with E-state index in [2.05, 4.69) is 10.0 Å². The fourth-order valence-corrected chi connectivity index (χ4v) is 4.86. The molecule has 0 unspecified atom stereocenters. The largest absolute Gasteiger partial charge is 0.481 e. The second kappa shape index (κ2) is 12.6. The van der Waals surface area contributed by atoms with E-state index in [1.54, 1.807) is 6.92 Å². The second-order valence-corrected chi connectivity index (χ2v) is 10.4. The molecule has 8 nitrogen and oxygen atoms in total. The van der Waals surface area contributed by atoms with E-state index in [1.807, 2.05) is 6.92 Å². The van der Waals surface area contributed by atoms with Crippen LogP contribution in [0.15, 0.2) is 53.4 Å². The van der Waals surface area contributed by atoms with Crippen molar-refractivity contribution in [3.05, 3.63) is 54.1 Å². The molecule has 1 atom stereocenters. The van der Waals surface area contributed by atoms with E-state index in [1.165, 1.54) is 55.0 Å². The van der Waals surface area contributed by atoms with Crippen LogP contribution in [0, 0.1) is 0 Å². The van der Waals surface area contributed by atoms with E-state index in [0.29, 0.717) is 23.6 Å². The Balaban J connectivity index is 1.54. The van der Waals surface area contributed by atoms with Crippen molar-refractivity contribution in [3.8, 4) is 5.75 Å². The summed E-state index contributed by atoms with van der Waals surface area (Å²) in [5, 5.41) is 3.03. The topological polar surface area (TPSA) is 111 Å². The molecule has 190 valence electrons. The minimum atomic E-state index is -3.85. The van der Waals surface area contributed by atoms with Crippen molar-refractivity contribution >= 4 is 27.6 Å². The lowest BCUT2D eigenvalue weighted by molar-refractivity contribution is -0.128. The third-order valence-electron chi connectivity index (χ3n) is 5.87. The SMILES string of the molecule is CCCCOC(=O)c1ccc(NS(=O)(=O)c2ccc(O[C@H](C)C(=O)NC3CCCCC3)cc2)cc1. The van der Waals surface area contributed by atoms with Crippen molar-refractivity contribution in [1.82, 2.24) is 5.32 Å². The zero-order valence-electron chi connectivity index (χ0n) is 20.3. The molecule has 0 spiro atoms. The number of esters is 1. The highest BCUT2D eigenvalue weighted by molar-refractivity contribution is 7.92. The van der Waals surface area contributed by atoms with Crippen molar-refractivity contribution in [3.63, 3.8) is 0 Å². The van der Waals surface area contributed by atoms with Gasteiger partial charge in [0.25, 0.3) is 15.9 Å². The first-order valence-corrected chi connectivity index (χ1v) is 13.6.